The van der Waals surface area contributed by atoms with Crippen molar-refractivity contribution in [1.29, 1.82) is 0 Å². The molecule has 0 unspecified atom stereocenters. The molecule has 136 valence electrons. The van der Waals surface area contributed by atoms with E-state index in [-0.39, 0.29) is 18.0 Å². The maximum atomic E-state index is 12.4. The van der Waals surface area contributed by atoms with Gasteiger partial charge in [0.15, 0.2) is 4.34 Å². The quantitative estimate of drug-likeness (QED) is 0.681. The van der Waals surface area contributed by atoms with Crippen LogP contribution in [0.1, 0.15) is 40.2 Å². The zero-order chi connectivity index (χ0) is 18.4. The molecule has 1 heterocycles. The monoisotopic (exact) mass is 378 g/mol. The summed E-state index contributed by atoms with van der Waals surface area (Å²) in [7, 11) is 0. The Balaban J connectivity index is 1.91. The topological polar surface area (TPSA) is 58.1 Å². The third-order valence-corrected chi connectivity index (χ3v) is 5.70. The molecule has 0 radical (unpaired) electrons. The molecular formula is C18H26N4OS2. The average Bonchev–Trinajstić information content (AvgIpc) is 3.00. The Morgan fingerprint density at radius 3 is 2.36 bits per heavy atom. The third-order valence-electron chi connectivity index (χ3n) is 3.74. The maximum absolute atomic E-state index is 12.4. The molecule has 0 bridgehead atoms. The normalized spacial score (nSPS) is 11.2. The molecule has 2 rings (SSSR count). The number of benzene rings is 1. The number of amides is 1. The van der Waals surface area contributed by atoms with Crippen molar-refractivity contribution >= 4 is 39.8 Å². The van der Waals surface area contributed by atoms with Gasteiger partial charge in [0.05, 0.1) is 5.75 Å². The minimum absolute atomic E-state index is 0.134. The lowest BCUT2D eigenvalue weighted by Crippen LogP contribution is -2.43. The molecule has 0 spiro atoms. The van der Waals surface area contributed by atoms with Gasteiger partial charge in [-0.15, -0.1) is 10.2 Å². The van der Waals surface area contributed by atoms with Crippen molar-refractivity contribution in [2.75, 3.05) is 11.1 Å². The van der Waals surface area contributed by atoms with Crippen LogP contribution in [0.25, 0.3) is 0 Å². The summed E-state index contributed by atoms with van der Waals surface area (Å²) in [6.45, 7) is 10.3. The number of aromatic nitrogens is 2. The van der Waals surface area contributed by atoms with E-state index >= 15 is 0 Å². The van der Waals surface area contributed by atoms with E-state index in [1.807, 2.05) is 44.7 Å². The van der Waals surface area contributed by atoms with Crippen LogP contribution in [0, 0.1) is 0 Å². The smallest absolute Gasteiger partial charge is 0.233 e. The number of aryl methyl sites for hydroxylation is 1. The van der Waals surface area contributed by atoms with E-state index in [4.69, 9.17) is 0 Å². The van der Waals surface area contributed by atoms with Gasteiger partial charge in [-0.05, 0) is 51.8 Å². The van der Waals surface area contributed by atoms with E-state index < -0.39 is 0 Å². The Kier molecular flexibility index (Phi) is 7.25. The minimum Gasteiger partial charge on any atom is -0.337 e. The first-order valence-corrected chi connectivity index (χ1v) is 10.3. The number of nitrogens with one attached hydrogen (secondary N) is 1. The zero-order valence-corrected chi connectivity index (χ0v) is 17.1. The van der Waals surface area contributed by atoms with Crippen molar-refractivity contribution in [3.05, 3.63) is 29.8 Å². The molecule has 0 saturated carbocycles. The number of carbonyl (C=O) groups is 1. The first-order valence-electron chi connectivity index (χ1n) is 8.54. The predicted molar refractivity (Wildman–Crippen MR) is 107 cm³/mol. The second-order valence-electron chi connectivity index (χ2n) is 6.33. The molecule has 25 heavy (non-hydrogen) atoms. The number of carbonyl (C=O) groups excluding carboxylic acids is 1. The van der Waals surface area contributed by atoms with Gasteiger partial charge in [0.2, 0.25) is 11.0 Å². The highest BCUT2D eigenvalue weighted by Gasteiger charge is 2.20. The number of hydrogen-bond donors (Lipinski definition) is 1. The van der Waals surface area contributed by atoms with E-state index in [1.54, 1.807) is 0 Å². The number of nitrogens with zero attached hydrogens (tertiary/aromatic N) is 3. The summed E-state index contributed by atoms with van der Waals surface area (Å²) < 4.78 is 0.800. The molecule has 0 fully saturated rings. The first kappa shape index (κ1) is 19.7. The highest BCUT2D eigenvalue weighted by atomic mass is 32.2. The fourth-order valence-electron chi connectivity index (χ4n) is 2.64. The molecule has 0 aliphatic rings. The van der Waals surface area contributed by atoms with Crippen LogP contribution in [0.15, 0.2) is 28.6 Å². The van der Waals surface area contributed by atoms with Crippen LogP contribution in [0.5, 0.6) is 0 Å². The van der Waals surface area contributed by atoms with E-state index in [1.165, 1.54) is 28.7 Å². The Labute approximate surface area is 158 Å². The van der Waals surface area contributed by atoms with Crippen molar-refractivity contribution < 1.29 is 4.79 Å². The molecule has 1 N–H and O–H groups in total. The summed E-state index contributed by atoms with van der Waals surface area (Å²) >= 11 is 2.91. The van der Waals surface area contributed by atoms with Gasteiger partial charge in [-0.1, -0.05) is 42.2 Å². The van der Waals surface area contributed by atoms with E-state index in [9.17, 15) is 4.79 Å². The lowest BCUT2D eigenvalue weighted by molar-refractivity contribution is -0.131. The summed E-state index contributed by atoms with van der Waals surface area (Å²) in [6.07, 6.45) is 1.03. The van der Waals surface area contributed by atoms with Crippen molar-refractivity contribution in [3.8, 4) is 0 Å². The standard InChI is InChI=1S/C18H26N4OS2/c1-6-14-7-9-15(10-8-14)19-17-20-21-18(25-17)24-11-16(23)22(12(2)3)13(4)5/h7-10,12-13H,6,11H2,1-5H3,(H,19,20). The number of hydrogen-bond acceptors (Lipinski definition) is 6. The fraction of sp³-hybridized carbons (Fsp3) is 0.500. The number of thioether (sulfide) groups is 1. The molecule has 2 aromatic rings. The summed E-state index contributed by atoms with van der Waals surface area (Å²) in [5.41, 5.74) is 2.30. The SMILES string of the molecule is CCc1ccc(Nc2nnc(SCC(=O)N(C(C)C)C(C)C)s2)cc1. The van der Waals surface area contributed by atoms with Gasteiger partial charge in [0.25, 0.3) is 0 Å². The van der Waals surface area contributed by atoms with Crippen LogP contribution in [0.4, 0.5) is 10.8 Å². The second kappa shape index (κ2) is 9.20. The molecule has 0 saturated heterocycles. The molecule has 0 atom stereocenters. The minimum atomic E-state index is 0.134. The number of anilines is 2. The fourth-order valence-corrected chi connectivity index (χ4v) is 4.28. The van der Waals surface area contributed by atoms with Gasteiger partial charge in [-0.3, -0.25) is 4.79 Å². The summed E-state index contributed by atoms with van der Waals surface area (Å²) in [5.74, 6) is 0.519. The van der Waals surface area contributed by atoms with Crippen LogP contribution in [-0.4, -0.2) is 38.8 Å². The third kappa shape index (κ3) is 5.71. The lowest BCUT2D eigenvalue weighted by atomic mass is 10.1. The van der Waals surface area contributed by atoms with Gasteiger partial charge in [-0.2, -0.15) is 0 Å². The van der Waals surface area contributed by atoms with Gasteiger partial charge in [0, 0.05) is 17.8 Å². The Morgan fingerprint density at radius 2 is 1.80 bits per heavy atom. The molecular weight excluding hydrogens is 352 g/mol. The molecule has 7 heteroatoms. The highest BCUT2D eigenvalue weighted by molar-refractivity contribution is 8.01. The molecule has 1 amide bonds. The molecule has 1 aromatic heterocycles. The van der Waals surface area contributed by atoms with Crippen LogP contribution in [0.2, 0.25) is 0 Å². The van der Waals surface area contributed by atoms with Crippen molar-refractivity contribution in [2.24, 2.45) is 0 Å². The average molecular weight is 379 g/mol. The summed E-state index contributed by atoms with van der Waals surface area (Å²) in [4.78, 5) is 14.3. The lowest BCUT2D eigenvalue weighted by Gasteiger charge is -2.30. The van der Waals surface area contributed by atoms with Crippen LogP contribution < -0.4 is 5.32 Å². The Morgan fingerprint density at radius 1 is 1.16 bits per heavy atom. The van der Waals surface area contributed by atoms with E-state index in [0.29, 0.717) is 5.75 Å². The number of rotatable bonds is 8. The maximum Gasteiger partial charge on any atom is 0.233 e. The van der Waals surface area contributed by atoms with Crippen molar-refractivity contribution in [2.45, 2.75) is 57.5 Å². The Hall–Kier alpha value is -1.60. The first-order chi connectivity index (χ1) is 11.9. The highest BCUT2D eigenvalue weighted by Crippen LogP contribution is 2.28. The van der Waals surface area contributed by atoms with E-state index in [2.05, 4.69) is 34.6 Å². The predicted octanol–water partition coefficient (Wildman–Crippen LogP) is 4.58. The zero-order valence-electron chi connectivity index (χ0n) is 15.4. The summed E-state index contributed by atoms with van der Waals surface area (Å²) in [6, 6.07) is 8.69. The summed E-state index contributed by atoms with van der Waals surface area (Å²) in [5, 5.41) is 12.3. The van der Waals surface area contributed by atoms with Crippen LogP contribution in [-0.2, 0) is 11.2 Å². The van der Waals surface area contributed by atoms with Crippen molar-refractivity contribution in [3.63, 3.8) is 0 Å². The van der Waals surface area contributed by atoms with Gasteiger partial charge in [-0.25, -0.2) is 0 Å². The largest absolute Gasteiger partial charge is 0.337 e. The second-order valence-corrected chi connectivity index (χ2v) is 8.53. The van der Waals surface area contributed by atoms with Crippen LogP contribution >= 0.6 is 23.1 Å². The van der Waals surface area contributed by atoms with Gasteiger partial charge >= 0.3 is 0 Å². The van der Waals surface area contributed by atoms with Crippen molar-refractivity contribution in [1.82, 2.24) is 15.1 Å². The van der Waals surface area contributed by atoms with Gasteiger partial charge in [0.1, 0.15) is 0 Å². The molecule has 0 aliphatic carbocycles. The molecule has 1 aromatic carbocycles. The molecule has 0 aliphatic heterocycles. The molecule has 5 nitrogen and oxygen atoms in total. The Bertz CT molecular complexity index is 675. The van der Waals surface area contributed by atoms with Gasteiger partial charge < -0.3 is 10.2 Å². The van der Waals surface area contributed by atoms with E-state index in [0.717, 1.165) is 21.6 Å². The van der Waals surface area contributed by atoms with Crippen LogP contribution in [0.3, 0.4) is 0 Å².